The van der Waals surface area contributed by atoms with Gasteiger partial charge in [-0.25, -0.2) is 9.97 Å². The summed E-state index contributed by atoms with van der Waals surface area (Å²) in [4.78, 5) is 18.4. The highest BCUT2D eigenvalue weighted by atomic mass is 15.2. The molecule has 0 saturated carbocycles. The Bertz CT molecular complexity index is 1520. The van der Waals surface area contributed by atoms with E-state index >= 15 is 0 Å². The second-order valence-electron chi connectivity index (χ2n) is 7.32. The van der Waals surface area contributed by atoms with Gasteiger partial charge in [0.25, 0.3) is 0 Å². The highest BCUT2D eigenvalue weighted by Gasteiger charge is 2.13. The van der Waals surface area contributed by atoms with Gasteiger partial charge in [-0.1, -0.05) is 0 Å². The first-order valence-electron chi connectivity index (χ1n) is 9.72. The summed E-state index contributed by atoms with van der Waals surface area (Å²) in [7, 11) is 1.94. The fourth-order valence-electron chi connectivity index (χ4n) is 4.02. The third kappa shape index (κ3) is 2.57. The van der Waals surface area contributed by atoms with Crippen LogP contribution in [0.2, 0.25) is 0 Å². The van der Waals surface area contributed by atoms with Gasteiger partial charge in [0.1, 0.15) is 11.2 Å². The van der Waals surface area contributed by atoms with E-state index in [1.807, 2.05) is 67.2 Å². The molecule has 0 aliphatic carbocycles. The van der Waals surface area contributed by atoms with Crippen molar-refractivity contribution < 1.29 is 0 Å². The Labute approximate surface area is 171 Å². The molecular formula is C22H18N8. The van der Waals surface area contributed by atoms with Gasteiger partial charge in [0, 0.05) is 42.6 Å². The first-order chi connectivity index (χ1) is 14.8. The van der Waals surface area contributed by atoms with Crippen molar-refractivity contribution in [3.63, 3.8) is 0 Å². The van der Waals surface area contributed by atoms with E-state index in [9.17, 15) is 0 Å². The quantitative estimate of drug-likeness (QED) is 0.459. The van der Waals surface area contributed by atoms with Crippen LogP contribution >= 0.6 is 0 Å². The number of fused-ring (bicyclic) bond motifs is 3. The van der Waals surface area contributed by atoms with Gasteiger partial charge in [0.15, 0.2) is 0 Å². The van der Waals surface area contributed by atoms with Crippen LogP contribution in [0.25, 0.3) is 33.0 Å². The van der Waals surface area contributed by atoms with Crippen LogP contribution in [-0.2, 0) is 20.1 Å². The molecule has 6 aromatic rings. The zero-order chi connectivity index (χ0) is 20.1. The van der Waals surface area contributed by atoms with Crippen molar-refractivity contribution in [1.82, 2.24) is 38.9 Å². The molecule has 6 aromatic heterocycles. The van der Waals surface area contributed by atoms with Gasteiger partial charge in [0.2, 0.25) is 0 Å². The lowest BCUT2D eigenvalue weighted by molar-refractivity contribution is 0.794. The lowest BCUT2D eigenvalue weighted by Gasteiger charge is -2.07. The van der Waals surface area contributed by atoms with E-state index in [0.717, 1.165) is 44.4 Å². The van der Waals surface area contributed by atoms with E-state index in [1.165, 1.54) is 0 Å². The Kier molecular flexibility index (Phi) is 3.64. The maximum absolute atomic E-state index is 4.68. The van der Waals surface area contributed by atoms with Crippen LogP contribution in [0.1, 0.15) is 11.4 Å². The minimum atomic E-state index is 0.616. The SMILES string of the molecule is Cn1ncc2c(Cn3cnc4c(Cn5ccc6cccnc65)nccc43)nccc21. The van der Waals surface area contributed by atoms with Crippen LogP contribution < -0.4 is 0 Å². The van der Waals surface area contributed by atoms with Crippen LogP contribution in [0.3, 0.4) is 0 Å². The predicted molar refractivity (Wildman–Crippen MR) is 114 cm³/mol. The molecule has 30 heavy (non-hydrogen) atoms. The van der Waals surface area contributed by atoms with Crippen molar-refractivity contribution in [3.8, 4) is 0 Å². The highest BCUT2D eigenvalue weighted by Crippen LogP contribution is 2.22. The molecule has 0 fully saturated rings. The van der Waals surface area contributed by atoms with E-state index in [0.29, 0.717) is 13.1 Å². The summed E-state index contributed by atoms with van der Waals surface area (Å²) in [5, 5.41) is 6.53. The van der Waals surface area contributed by atoms with E-state index in [-0.39, 0.29) is 0 Å². The fraction of sp³-hybridized carbons (Fsp3) is 0.136. The lowest BCUT2D eigenvalue weighted by atomic mass is 10.2. The fourth-order valence-corrected chi connectivity index (χ4v) is 4.02. The van der Waals surface area contributed by atoms with Gasteiger partial charge in [-0.2, -0.15) is 5.10 Å². The molecule has 0 spiro atoms. The second-order valence-corrected chi connectivity index (χ2v) is 7.32. The largest absolute Gasteiger partial charge is 0.326 e. The Morgan fingerprint density at radius 2 is 1.63 bits per heavy atom. The molecule has 0 amide bonds. The molecule has 0 bridgehead atoms. The van der Waals surface area contributed by atoms with Gasteiger partial charge in [-0.3, -0.25) is 14.6 Å². The predicted octanol–water partition coefficient (Wildman–Crippen LogP) is 3.16. The third-order valence-electron chi connectivity index (χ3n) is 5.54. The Balaban J connectivity index is 1.39. The summed E-state index contributed by atoms with van der Waals surface area (Å²) in [5.41, 5.74) is 5.84. The van der Waals surface area contributed by atoms with Gasteiger partial charge in [-0.05, 0) is 30.3 Å². The molecular weight excluding hydrogens is 376 g/mol. The molecule has 146 valence electrons. The summed E-state index contributed by atoms with van der Waals surface area (Å²) in [6, 6.07) is 10.1. The number of hydrogen-bond donors (Lipinski definition) is 0. The molecule has 0 N–H and O–H groups in total. The van der Waals surface area contributed by atoms with Crippen LogP contribution in [0, 0.1) is 0 Å². The summed E-state index contributed by atoms with van der Waals surface area (Å²) >= 11 is 0. The smallest absolute Gasteiger partial charge is 0.140 e. The zero-order valence-electron chi connectivity index (χ0n) is 16.3. The van der Waals surface area contributed by atoms with Crippen molar-refractivity contribution in [2.75, 3.05) is 0 Å². The maximum Gasteiger partial charge on any atom is 0.140 e. The monoisotopic (exact) mass is 394 g/mol. The molecule has 0 unspecified atom stereocenters. The standard InChI is InChI=1S/C22H18N8/c1-28-19-4-8-23-17(16(19)11-27-28)12-30-14-26-21-18(24-9-5-20(21)30)13-29-10-6-15-3-2-7-25-22(15)29/h2-11,14H,12-13H2,1H3. The summed E-state index contributed by atoms with van der Waals surface area (Å²) < 4.78 is 6.08. The average molecular weight is 394 g/mol. The molecule has 8 nitrogen and oxygen atoms in total. The molecule has 0 radical (unpaired) electrons. The van der Waals surface area contributed by atoms with E-state index in [1.54, 1.807) is 0 Å². The lowest BCUT2D eigenvalue weighted by Crippen LogP contribution is -2.04. The first-order valence-corrected chi connectivity index (χ1v) is 9.72. The Morgan fingerprint density at radius 1 is 0.800 bits per heavy atom. The van der Waals surface area contributed by atoms with E-state index in [4.69, 9.17) is 0 Å². The van der Waals surface area contributed by atoms with Crippen molar-refractivity contribution in [2.45, 2.75) is 13.1 Å². The number of aromatic nitrogens is 8. The molecule has 0 aliphatic rings. The maximum atomic E-state index is 4.68. The first kappa shape index (κ1) is 16.8. The molecule has 8 heteroatoms. The molecule has 0 atom stereocenters. The van der Waals surface area contributed by atoms with Gasteiger partial charge in [-0.15, -0.1) is 0 Å². The zero-order valence-corrected chi connectivity index (χ0v) is 16.3. The molecule has 0 aliphatic heterocycles. The number of pyridine rings is 3. The minimum absolute atomic E-state index is 0.616. The van der Waals surface area contributed by atoms with Crippen molar-refractivity contribution in [1.29, 1.82) is 0 Å². The van der Waals surface area contributed by atoms with Gasteiger partial charge in [0.05, 0.1) is 48.0 Å². The van der Waals surface area contributed by atoms with Crippen LogP contribution in [-0.4, -0.2) is 38.9 Å². The number of imidazole rings is 1. The van der Waals surface area contributed by atoms with Crippen LogP contribution in [0.4, 0.5) is 0 Å². The Morgan fingerprint density at radius 3 is 2.57 bits per heavy atom. The van der Waals surface area contributed by atoms with E-state index in [2.05, 4.69) is 46.3 Å². The second kappa shape index (κ2) is 6.48. The Hall–Kier alpha value is -4.07. The number of aryl methyl sites for hydroxylation is 1. The van der Waals surface area contributed by atoms with Crippen molar-refractivity contribution >= 4 is 33.0 Å². The molecule has 0 saturated heterocycles. The van der Waals surface area contributed by atoms with Crippen LogP contribution in [0.5, 0.6) is 0 Å². The summed E-state index contributed by atoms with van der Waals surface area (Å²) in [6.07, 6.45) is 11.3. The van der Waals surface area contributed by atoms with Crippen LogP contribution in [0.15, 0.2) is 67.6 Å². The summed E-state index contributed by atoms with van der Waals surface area (Å²) in [5.74, 6) is 0. The average Bonchev–Trinajstić information content (AvgIpc) is 3.48. The van der Waals surface area contributed by atoms with Gasteiger partial charge >= 0.3 is 0 Å². The van der Waals surface area contributed by atoms with Crippen molar-refractivity contribution in [2.24, 2.45) is 7.05 Å². The van der Waals surface area contributed by atoms with Crippen molar-refractivity contribution in [3.05, 3.63) is 79.0 Å². The normalized spacial score (nSPS) is 11.8. The molecule has 6 heterocycles. The topological polar surface area (TPSA) is 79.2 Å². The third-order valence-corrected chi connectivity index (χ3v) is 5.54. The number of hydrogen-bond acceptors (Lipinski definition) is 5. The molecule has 0 aromatic carbocycles. The van der Waals surface area contributed by atoms with Gasteiger partial charge < -0.3 is 9.13 Å². The highest BCUT2D eigenvalue weighted by molar-refractivity contribution is 5.82. The number of nitrogens with zero attached hydrogens (tertiary/aromatic N) is 8. The minimum Gasteiger partial charge on any atom is -0.326 e. The summed E-state index contributed by atoms with van der Waals surface area (Å²) in [6.45, 7) is 1.24. The molecule has 6 rings (SSSR count). The number of rotatable bonds is 4. The van der Waals surface area contributed by atoms with E-state index < -0.39 is 0 Å².